The second-order valence-corrected chi connectivity index (χ2v) is 4.03. The number of benzene rings is 2. The number of nitrogens with zero attached hydrogens (tertiary/aromatic N) is 2. The van der Waals surface area contributed by atoms with E-state index in [2.05, 4.69) is 5.10 Å². The Morgan fingerprint density at radius 3 is 2.35 bits per heavy atom. The van der Waals surface area contributed by atoms with E-state index in [1.807, 2.05) is 66.7 Å². The van der Waals surface area contributed by atoms with E-state index >= 15 is 0 Å². The van der Waals surface area contributed by atoms with Crippen LogP contribution in [0.3, 0.4) is 0 Å². The van der Waals surface area contributed by atoms with E-state index in [9.17, 15) is 0 Å². The molecule has 0 saturated heterocycles. The molecule has 0 aliphatic heterocycles. The Balaban J connectivity index is 2.14. The molecule has 2 nitrogen and oxygen atoms in total. The molecule has 0 amide bonds. The van der Waals surface area contributed by atoms with Crippen molar-refractivity contribution in [2.24, 2.45) is 5.10 Å². The van der Waals surface area contributed by atoms with E-state index in [4.69, 9.17) is 11.6 Å². The van der Waals surface area contributed by atoms with Gasteiger partial charge in [-0.3, -0.25) is 5.01 Å². The predicted octanol–water partition coefficient (Wildman–Crippen LogP) is 3.81. The first-order chi connectivity index (χ1) is 8.27. The molecule has 0 heterocycles. The minimum Gasteiger partial charge on any atom is -0.269 e. The van der Waals surface area contributed by atoms with Crippen molar-refractivity contribution in [2.75, 3.05) is 12.1 Å². The molecule has 17 heavy (non-hydrogen) atoms. The van der Waals surface area contributed by atoms with E-state index in [1.54, 1.807) is 6.21 Å². The van der Waals surface area contributed by atoms with Crippen molar-refractivity contribution in [3.8, 4) is 0 Å². The van der Waals surface area contributed by atoms with Gasteiger partial charge in [-0.1, -0.05) is 48.0 Å². The highest BCUT2D eigenvalue weighted by Crippen LogP contribution is 2.14. The summed E-state index contributed by atoms with van der Waals surface area (Å²) in [6.07, 6.45) is 1.76. The third-order valence-corrected chi connectivity index (χ3v) is 2.75. The van der Waals surface area contributed by atoms with Crippen molar-refractivity contribution in [1.29, 1.82) is 0 Å². The highest BCUT2D eigenvalue weighted by atomic mass is 35.5. The van der Waals surface area contributed by atoms with Gasteiger partial charge in [-0.25, -0.2) is 0 Å². The summed E-state index contributed by atoms with van der Waals surface area (Å²) in [5.41, 5.74) is 1.95. The Labute approximate surface area is 106 Å². The number of hydrazone groups is 1. The van der Waals surface area contributed by atoms with Gasteiger partial charge < -0.3 is 0 Å². The lowest BCUT2D eigenvalue weighted by atomic mass is 10.2. The van der Waals surface area contributed by atoms with E-state index in [0.29, 0.717) is 5.02 Å². The molecule has 0 aromatic heterocycles. The largest absolute Gasteiger partial charge is 0.269 e. The van der Waals surface area contributed by atoms with Crippen LogP contribution in [-0.2, 0) is 0 Å². The van der Waals surface area contributed by atoms with Gasteiger partial charge in [0.25, 0.3) is 0 Å². The average Bonchev–Trinajstić information content (AvgIpc) is 2.38. The number of halogens is 1. The molecule has 2 aromatic rings. The lowest BCUT2D eigenvalue weighted by Gasteiger charge is -2.12. The number of hydrogen-bond donors (Lipinski definition) is 0. The Bertz CT molecular complexity index is 509. The molecular weight excluding hydrogens is 232 g/mol. The van der Waals surface area contributed by atoms with Gasteiger partial charge >= 0.3 is 0 Å². The van der Waals surface area contributed by atoms with Gasteiger partial charge in [-0.2, -0.15) is 5.10 Å². The van der Waals surface area contributed by atoms with E-state index in [1.165, 1.54) is 0 Å². The maximum Gasteiger partial charge on any atom is 0.0590 e. The maximum atomic E-state index is 6.04. The summed E-state index contributed by atoms with van der Waals surface area (Å²) in [4.78, 5) is 0. The molecular formula is C14H13ClN2. The molecule has 2 aromatic carbocycles. The summed E-state index contributed by atoms with van der Waals surface area (Å²) in [5, 5.41) is 6.86. The van der Waals surface area contributed by atoms with Crippen LogP contribution >= 0.6 is 11.6 Å². The summed E-state index contributed by atoms with van der Waals surface area (Å²) in [6, 6.07) is 17.6. The molecule has 0 bridgehead atoms. The Kier molecular flexibility index (Phi) is 3.78. The zero-order valence-electron chi connectivity index (χ0n) is 9.55. The first-order valence-electron chi connectivity index (χ1n) is 5.34. The van der Waals surface area contributed by atoms with Gasteiger partial charge in [0.15, 0.2) is 0 Å². The third-order valence-electron chi connectivity index (χ3n) is 2.41. The predicted molar refractivity (Wildman–Crippen MR) is 73.9 cm³/mol. The molecule has 0 spiro atoms. The van der Waals surface area contributed by atoms with Crippen LogP contribution in [0.5, 0.6) is 0 Å². The van der Waals surface area contributed by atoms with Crippen LogP contribution in [0.1, 0.15) is 5.56 Å². The van der Waals surface area contributed by atoms with Gasteiger partial charge in [-0.05, 0) is 18.2 Å². The van der Waals surface area contributed by atoms with Gasteiger partial charge in [0.05, 0.1) is 11.9 Å². The van der Waals surface area contributed by atoms with Gasteiger partial charge in [0.2, 0.25) is 0 Å². The monoisotopic (exact) mass is 244 g/mol. The molecule has 0 atom stereocenters. The molecule has 2 rings (SSSR count). The van der Waals surface area contributed by atoms with Crippen LogP contribution in [0.4, 0.5) is 5.69 Å². The summed E-state index contributed by atoms with van der Waals surface area (Å²) in [7, 11) is 1.91. The van der Waals surface area contributed by atoms with E-state index < -0.39 is 0 Å². The lowest BCUT2D eigenvalue weighted by molar-refractivity contribution is 1.02. The van der Waals surface area contributed by atoms with Crippen molar-refractivity contribution in [1.82, 2.24) is 0 Å². The maximum absolute atomic E-state index is 6.04. The Hall–Kier alpha value is -1.80. The first-order valence-corrected chi connectivity index (χ1v) is 5.72. The van der Waals surface area contributed by atoms with E-state index in [-0.39, 0.29) is 0 Å². The first kappa shape index (κ1) is 11.7. The molecule has 0 aliphatic rings. The molecule has 0 radical (unpaired) electrons. The summed E-state index contributed by atoms with van der Waals surface area (Å²) < 4.78 is 0. The SMILES string of the molecule is CN(/N=C/c1ccccc1Cl)c1ccccc1. The van der Waals surface area contributed by atoms with Crippen LogP contribution in [0, 0.1) is 0 Å². The zero-order chi connectivity index (χ0) is 12.1. The highest BCUT2D eigenvalue weighted by molar-refractivity contribution is 6.33. The summed E-state index contributed by atoms with van der Waals surface area (Å²) >= 11 is 6.04. The van der Waals surface area contributed by atoms with Gasteiger partial charge in [0.1, 0.15) is 0 Å². The normalized spacial score (nSPS) is 10.7. The van der Waals surface area contributed by atoms with Gasteiger partial charge in [0, 0.05) is 17.6 Å². The zero-order valence-corrected chi connectivity index (χ0v) is 10.3. The Morgan fingerprint density at radius 1 is 1.00 bits per heavy atom. The number of hydrogen-bond acceptors (Lipinski definition) is 2. The van der Waals surface area contributed by atoms with Crippen molar-refractivity contribution >= 4 is 23.5 Å². The lowest BCUT2D eigenvalue weighted by Crippen LogP contribution is -2.08. The van der Waals surface area contributed by atoms with Crippen LogP contribution in [0.15, 0.2) is 59.7 Å². The fourth-order valence-corrected chi connectivity index (χ4v) is 1.62. The molecule has 0 N–H and O–H groups in total. The van der Waals surface area contributed by atoms with Crippen LogP contribution in [-0.4, -0.2) is 13.3 Å². The summed E-state index contributed by atoms with van der Waals surface area (Å²) in [6.45, 7) is 0. The average molecular weight is 245 g/mol. The fourth-order valence-electron chi connectivity index (χ4n) is 1.44. The quantitative estimate of drug-likeness (QED) is 0.592. The Morgan fingerprint density at radius 2 is 1.65 bits per heavy atom. The highest BCUT2D eigenvalue weighted by Gasteiger charge is 1.97. The summed E-state index contributed by atoms with van der Waals surface area (Å²) in [5.74, 6) is 0. The third kappa shape index (κ3) is 3.08. The van der Waals surface area contributed by atoms with Crippen LogP contribution < -0.4 is 5.01 Å². The van der Waals surface area contributed by atoms with Crippen molar-refractivity contribution < 1.29 is 0 Å². The fraction of sp³-hybridized carbons (Fsp3) is 0.0714. The molecule has 3 heteroatoms. The smallest absolute Gasteiger partial charge is 0.0590 e. The molecule has 86 valence electrons. The molecule has 0 aliphatic carbocycles. The number of para-hydroxylation sites is 1. The minimum absolute atomic E-state index is 0.706. The van der Waals surface area contributed by atoms with Gasteiger partial charge in [-0.15, -0.1) is 0 Å². The number of anilines is 1. The van der Waals surface area contributed by atoms with Crippen molar-refractivity contribution in [3.05, 3.63) is 65.2 Å². The standard InChI is InChI=1S/C14H13ClN2/c1-17(13-8-3-2-4-9-13)16-11-12-7-5-6-10-14(12)15/h2-11H,1H3/b16-11+. The topological polar surface area (TPSA) is 15.6 Å². The van der Waals surface area contributed by atoms with Crippen molar-refractivity contribution in [2.45, 2.75) is 0 Å². The molecule has 0 fully saturated rings. The minimum atomic E-state index is 0.706. The van der Waals surface area contributed by atoms with Crippen molar-refractivity contribution in [3.63, 3.8) is 0 Å². The molecule has 0 saturated carbocycles. The second-order valence-electron chi connectivity index (χ2n) is 3.63. The van der Waals surface area contributed by atoms with E-state index in [0.717, 1.165) is 11.3 Å². The number of rotatable bonds is 3. The second kappa shape index (κ2) is 5.51. The van der Waals surface area contributed by atoms with Crippen LogP contribution in [0.2, 0.25) is 5.02 Å². The molecule has 0 unspecified atom stereocenters. The van der Waals surface area contributed by atoms with Crippen LogP contribution in [0.25, 0.3) is 0 Å².